The molecule has 0 bridgehead atoms. The van der Waals surface area contributed by atoms with Gasteiger partial charge in [0.25, 0.3) is 0 Å². The van der Waals surface area contributed by atoms with Crippen LogP contribution in [-0.4, -0.2) is 27.8 Å². The van der Waals surface area contributed by atoms with E-state index in [0.29, 0.717) is 6.42 Å². The van der Waals surface area contributed by atoms with Crippen LogP contribution in [0.1, 0.15) is 19.8 Å². The van der Waals surface area contributed by atoms with Crippen molar-refractivity contribution in [2.45, 2.75) is 31.4 Å². The molecule has 0 saturated heterocycles. The van der Waals surface area contributed by atoms with E-state index in [9.17, 15) is 9.90 Å². The number of carboxylic acids is 1. The second-order valence-electron chi connectivity index (χ2n) is 3.55. The van der Waals surface area contributed by atoms with Gasteiger partial charge in [0.1, 0.15) is 6.10 Å². The van der Waals surface area contributed by atoms with Gasteiger partial charge in [0.2, 0.25) is 0 Å². The van der Waals surface area contributed by atoms with E-state index in [1.807, 2.05) is 6.92 Å². The van der Waals surface area contributed by atoms with Gasteiger partial charge in [-0.25, -0.2) is 4.79 Å². The SMILES string of the molecule is CCCC1(N)C=CC=C(C(=O)O)C1O. The standard InChI is InChI=1S/C10H15NO3/c1-2-5-10(11)6-3-4-7(8(10)12)9(13)14/h3-4,6,8,12H,2,5,11H2,1H3,(H,13,14). The minimum Gasteiger partial charge on any atom is -0.478 e. The molecule has 1 rings (SSSR count). The number of nitrogens with two attached hydrogens (primary N) is 1. The number of aliphatic carboxylic acids is 1. The van der Waals surface area contributed by atoms with Crippen molar-refractivity contribution in [1.82, 2.24) is 0 Å². The third kappa shape index (κ3) is 1.86. The van der Waals surface area contributed by atoms with Gasteiger partial charge in [0, 0.05) is 0 Å². The molecule has 0 saturated carbocycles. The van der Waals surface area contributed by atoms with E-state index >= 15 is 0 Å². The van der Waals surface area contributed by atoms with Crippen molar-refractivity contribution in [2.24, 2.45) is 5.73 Å². The van der Waals surface area contributed by atoms with Crippen LogP contribution in [0.2, 0.25) is 0 Å². The van der Waals surface area contributed by atoms with E-state index in [4.69, 9.17) is 10.8 Å². The van der Waals surface area contributed by atoms with E-state index in [1.165, 1.54) is 6.08 Å². The van der Waals surface area contributed by atoms with Gasteiger partial charge in [-0.1, -0.05) is 25.5 Å². The maximum atomic E-state index is 10.7. The topological polar surface area (TPSA) is 83.6 Å². The Morgan fingerprint density at radius 2 is 2.36 bits per heavy atom. The van der Waals surface area contributed by atoms with Gasteiger partial charge in [0.05, 0.1) is 11.1 Å². The third-order valence-electron chi connectivity index (χ3n) is 2.42. The van der Waals surface area contributed by atoms with Crippen molar-refractivity contribution in [3.05, 3.63) is 23.8 Å². The largest absolute Gasteiger partial charge is 0.478 e. The number of aliphatic hydroxyl groups excluding tert-OH is 1. The molecule has 0 spiro atoms. The Balaban J connectivity index is 2.93. The smallest absolute Gasteiger partial charge is 0.334 e. The summed E-state index contributed by atoms with van der Waals surface area (Å²) in [5.74, 6) is -1.12. The number of hydrogen-bond donors (Lipinski definition) is 3. The molecule has 0 fully saturated rings. The first-order valence-corrected chi connectivity index (χ1v) is 4.61. The number of carbonyl (C=O) groups is 1. The first-order valence-electron chi connectivity index (χ1n) is 4.61. The van der Waals surface area contributed by atoms with Crippen LogP contribution in [-0.2, 0) is 4.79 Å². The van der Waals surface area contributed by atoms with Crippen LogP contribution in [0, 0.1) is 0 Å². The van der Waals surface area contributed by atoms with Gasteiger partial charge in [-0.05, 0) is 12.5 Å². The number of aliphatic hydroxyl groups is 1. The first-order chi connectivity index (χ1) is 6.51. The Morgan fingerprint density at radius 3 is 2.86 bits per heavy atom. The minimum atomic E-state index is -1.12. The van der Waals surface area contributed by atoms with Crippen LogP contribution in [0.4, 0.5) is 0 Å². The molecule has 2 atom stereocenters. The molecule has 4 N–H and O–H groups in total. The zero-order valence-electron chi connectivity index (χ0n) is 8.10. The molecule has 78 valence electrons. The number of hydrogen-bond acceptors (Lipinski definition) is 3. The molecular formula is C10H15NO3. The predicted octanol–water partition coefficient (Wildman–Crippen LogP) is 0.426. The Labute approximate surface area is 82.7 Å². The lowest BCUT2D eigenvalue weighted by atomic mass is 9.81. The van der Waals surface area contributed by atoms with Gasteiger partial charge in [0.15, 0.2) is 0 Å². The highest BCUT2D eigenvalue weighted by atomic mass is 16.4. The van der Waals surface area contributed by atoms with Crippen molar-refractivity contribution in [1.29, 1.82) is 0 Å². The lowest BCUT2D eigenvalue weighted by molar-refractivity contribution is -0.134. The Morgan fingerprint density at radius 1 is 1.71 bits per heavy atom. The zero-order valence-corrected chi connectivity index (χ0v) is 8.10. The summed E-state index contributed by atoms with van der Waals surface area (Å²) in [6.45, 7) is 1.94. The summed E-state index contributed by atoms with van der Waals surface area (Å²) in [4.78, 5) is 10.7. The average molecular weight is 197 g/mol. The van der Waals surface area contributed by atoms with E-state index in [0.717, 1.165) is 6.42 Å². The highest BCUT2D eigenvalue weighted by Crippen LogP contribution is 2.25. The maximum Gasteiger partial charge on any atom is 0.334 e. The molecular weight excluding hydrogens is 182 g/mol. The van der Waals surface area contributed by atoms with Crippen LogP contribution < -0.4 is 5.73 Å². The summed E-state index contributed by atoms with van der Waals surface area (Å²) < 4.78 is 0. The van der Waals surface area contributed by atoms with Crippen molar-refractivity contribution in [2.75, 3.05) is 0 Å². The predicted molar refractivity (Wildman–Crippen MR) is 52.7 cm³/mol. The fraction of sp³-hybridized carbons (Fsp3) is 0.500. The van der Waals surface area contributed by atoms with Gasteiger partial charge in [-0.3, -0.25) is 0 Å². The number of carboxylic acid groups (broad SMARTS) is 1. The van der Waals surface area contributed by atoms with Crippen molar-refractivity contribution >= 4 is 5.97 Å². The van der Waals surface area contributed by atoms with Gasteiger partial charge in [-0.15, -0.1) is 0 Å². The summed E-state index contributed by atoms with van der Waals surface area (Å²) in [6.07, 6.45) is 4.87. The second kappa shape index (κ2) is 3.94. The van der Waals surface area contributed by atoms with Crippen molar-refractivity contribution in [3.8, 4) is 0 Å². The molecule has 0 radical (unpaired) electrons. The molecule has 0 aromatic carbocycles. The monoisotopic (exact) mass is 197 g/mol. The molecule has 0 aromatic rings. The molecule has 0 aliphatic heterocycles. The fourth-order valence-corrected chi connectivity index (χ4v) is 1.64. The summed E-state index contributed by atoms with van der Waals surface area (Å²) in [5.41, 5.74) is 4.93. The molecule has 4 heteroatoms. The molecule has 0 amide bonds. The van der Waals surface area contributed by atoms with Crippen LogP contribution in [0.3, 0.4) is 0 Å². The number of allylic oxidation sites excluding steroid dienone is 2. The first kappa shape index (κ1) is 10.9. The van der Waals surface area contributed by atoms with E-state index in [-0.39, 0.29) is 5.57 Å². The van der Waals surface area contributed by atoms with E-state index in [2.05, 4.69) is 0 Å². The normalized spacial score (nSPS) is 31.4. The molecule has 14 heavy (non-hydrogen) atoms. The van der Waals surface area contributed by atoms with Crippen LogP contribution in [0.5, 0.6) is 0 Å². The minimum absolute atomic E-state index is 0.0385. The molecule has 2 unspecified atom stereocenters. The summed E-state index contributed by atoms with van der Waals surface area (Å²) in [7, 11) is 0. The Hall–Kier alpha value is -1.13. The zero-order chi connectivity index (χ0) is 10.8. The molecule has 1 aliphatic rings. The summed E-state index contributed by atoms with van der Waals surface area (Å²) in [5, 5.41) is 18.6. The van der Waals surface area contributed by atoms with Gasteiger partial charge < -0.3 is 15.9 Å². The van der Waals surface area contributed by atoms with Gasteiger partial charge in [-0.2, -0.15) is 0 Å². The summed E-state index contributed by atoms with van der Waals surface area (Å²) >= 11 is 0. The van der Waals surface area contributed by atoms with Crippen molar-refractivity contribution < 1.29 is 15.0 Å². The van der Waals surface area contributed by atoms with E-state index in [1.54, 1.807) is 12.2 Å². The fourth-order valence-electron chi connectivity index (χ4n) is 1.64. The Bertz CT molecular complexity index is 296. The third-order valence-corrected chi connectivity index (χ3v) is 2.42. The van der Waals surface area contributed by atoms with E-state index < -0.39 is 17.6 Å². The van der Waals surface area contributed by atoms with Crippen LogP contribution >= 0.6 is 0 Å². The Kier molecular flexibility index (Phi) is 3.08. The molecule has 1 aliphatic carbocycles. The molecule has 4 nitrogen and oxygen atoms in total. The average Bonchev–Trinajstić information content (AvgIpc) is 2.10. The highest BCUT2D eigenvalue weighted by molar-refractivity contribution is 5.89. The lowest BCUT2D eigenvalue weighted by Gasteiger charge is -2.33. The van der Waals surface area contributed by atoms with Crippen LogP contribution in [0.15, 0.2) is 23.8 Å². The van der Waals surface area contributed by atoms with Crippen molar-refractivity contribution in [3.63, 3.8) is 0 Å². The molecule has 0 heterocycles. The van der Waals surface area contributed by atoms with Crippen LogP contribution in [0.25, 0.3) is 0 Å². The number of rotatable bonds is 3. The quantitative estimate of drug-likeness (QED) is 0.612. The maximum absolute atomic E-state index is 10.7. The lowest BCUT2D eigenvalue weighted by Crippen LogP contribution is -2.52. The molecule has 0 aromatic heterocycles. The second-order valence-corrected chi connectivity index (χ2v) is 3.55. The summed E-state index contributed by atoms with van der Waals surface area (Å²) in [6, 6.07) is 0. The highest BCUT2D eigenvalue weighted by Gasteiger charge is 2.37. The van der Waals surface area contributed by atoms with Gasteiger partial charge >= 0.3 is 5.97 Å².